The van der Waals surface area contributed by atoms with Crippen LogP contribution in [-0.4, -0.2) is 34.1 Å². The van der Waals surface area contributed by atoms with Crippen LogP contribution in [0.5, 0.6) is 0 Å². The van der Waals surface area contributed by atoms with Gasteiger partial charge in [-0.3, -0.25) is 4.90 Å². The Morgan fingerprint density at radius 1 is 1.24 bits per heavy atom. The Balaban J connectivity index is 2.52. The van der Waals surface area contributed by atoms with E-state index in [0.717, 1.165) is 37.4 Å². The number of aromatic nitrogens is 2. The molecule has 2 N–H and O–H groups in total. The second kappa shape index (κ2) is 7.05. The van der Waals surface area contributed by atoms with Crippen LogP contribution in [0.2, 0.25) is 0 Å². The molecule has 0 fully saturated rings. The first kappa shape index (κ1) is 16.0. The number of fused-ring (bicyclic) bond motifs is 1. The van der Waals surface area contributed by atoms with Crippen molar-refractivity contribution >= 4 is 11.0 Å². The lowest BCUT2D eigenvalue weighted by molar-refractivity contribution is 0.222. The van der Waals surface area contributed by atoms with E-state index in [1.54, 1.807) is 0 Å². The zero-order chi connectivity index (χ0) is 15.4. The normalized spacial score (nSPS) is 13.2. The molecule has 0 radical (unpaired) electrons. The van der Waals surface area contributed by atoms with Gasteiger partial charge in [0.1, 0.15) is 5.82 Å². The molecule has 0 amide bonds. The molecular weight excluding hydrogens is 260 g/mol. The first-order chi connectivity index (χ1) is 10.2. The zero-order valence-electron chi connectivity index (χ0n) is 13.8. The topological polar surface area (TPSA) is 47.1 Å². The second-order valence-electron chi connectivity index (χ2n) is 5.48. The molecule has 2 aromatic rings. The molecule has 0 aliphatic carbocycles. The van der Waals surface area contributed by atoms with Gasteiger partial charge in [-0.15, -0.1) is 0 Å². The van der Waals surface area contributed by atoms with E-state index in [9.17, 15) is 0 Å². The maximum absolute atomic E-state index is 5.81. The lowest BCUT2D eigenvalue weighted by Gasteiger charge is -2.26. The van der Waals surface area contributed by atoms with Crippen LogP contribution in [-0.2, 0) is 13.0 Å². The number of nitrogens with zero attached hydrogens (tertiary/aromatic N) is 3. The van der Waals surface area contributed by atoms with Crippen molar-refractivity contribution in [2.75, 3.05) is 19.6 Å². The Labute approximate surface area is 128 Å². The number of hydrogen-bond donors (Lipinski definition) is 1. The third kappa shape index (κ3) is 3.11. The summed E-state index contributed by atoms with van der Waals surface area (Å²) < 4.78 is 2.29. The number of hydrogen-bond acceptors (Lipinski definition) is 3. The van der Waals surface area contributed by atoms with Gasteiger partial charge in [0.2, 0.25) is 0 Å². The van der Waals surface area contributed by atoms with E-state index < -0.39 is 0 Å². The summed E-state index contributed by atoms with van der Waals surface area (Å²) in [6.45, 7) is 12.3. The minimum absolute atomic E-state index is 0.309. The molecule has 1 aromatic heterocycles. The van der Waals surface area contributed by atoms with Gasteiger partial charge < -0.3 is 10.3 Å². The Bertz CT molecular complexity index is 584. The first-order valence-electron chi connectivity index (χ1n) is 8.09. The smallest absolute Gasteiger partial charge is 0.127 e. The van der Waals surface area contributed by atoms with Gasteiger partial charge in [-0.05, 0) is 44.1 Å². The van der Waals surface area contributed by atoms with Gasteiger partial charge in [0, 0.05) is 13.1 Å². The third-order valence-electron chi connectivity index (χ3n) is 4.34. The van der Waals surface area contributed by atoms with Crippen molar-refractivity contribution in [3.05, 3.63) is 29.6 Å². The van der Waals surface area contributed by atoms with Crippen molar-refractivity contribution in [3.63, 3.8) is 0 Å². The SMILES string of the molecule is CCc1ccc2c(c1)nc(C(C)N(CC)CC)n2CCN. The van der Waals surface area contributed by atoms with E-state index in [1.165, 1.54) is 11.1 Å². The highest BCUT2D eigenvalue weighted by atomic mass is 15.2. The minimum Gasteiger partial charge on any atom is -0.329 e. The van der Waals surface area contributed by atoms with Crippen LogP contribution in [0.25, 0.3) is 11.0 Å². The summed E-state index contributed by atoms with van der Waals surface area (Å²) in [5, 5.41) is 0. The van der Waals surface area contributed by atoms with Gasteiger partial charge in [-0.1, -0.05) is 26.8 Å². The fourth-order valence-electron chi connectivity index (χ4n) is 3.03. The largest absolute Gasteiger partial charge is 0.329 e. The predicted octanol–water partition coefficient (Wildman–Crippen LogP) is 2.96. The highest BCUT2D eigenvalue weighted by Crippen LogP contribution is 2.25. The third-order valence-corrected chi connectivity index (χ3v) is 4.34. The van der Waals surface area contributed by atoms with E-state index in [2.05, 4.69) is 55.4 Å². The van der Waals surface area contributed by atoms with Crippen molar-refractivity contribution < 1.29 is 0 Å². The first-order valence-corrected chi connectivity index (χ1v) is 8.09. The molecule has 0 bridgehead atoms. The van der Waals surface area contributed by atoms with Crippen molar-refractivity contribution in [2.24, 2.45) is 5.73 Å². The second-order valence-corrected chi connectivity index (χ2v) is 5.48. The monoisotopic (exact) mass is 288 g/mol. The Hall–Kier alpha value is -1.39. The fourth-order valence-corrected chi connectivity index (χ4v) is 3.03. The van der Waals surface area contributed by atoms with Gasteiger partial charge in [-0.2, -0.15) is 0 Å². The van der Waals surface area contributed by atoms with Crippen LogP contribution < -0.4 is 5.73 Å². The summed E-state index contributed by atoms with van der Waals surface area (Å²) >= 11 is 0. The summed E-state index contributed by atoms with van der Waals surface area (Å²) in [7, 11) is 0. The van der Waals surface area contributed by atoms with Crippen molar-refractivity contribution in [1.82, 2.24) is 14.5 Å². The molecule has 1 heterocycles. The Morgan fingerprint density at radius 3 is 2.52 bits per heavy atom. The molecule has 2 rings (SSSR count). The fraction of sp³-hybridized carbons (Fsp3) is 0.588. The molecule has 116 valence electrons. The molecule has 0 aliphatic heterocycles. The van der Waals surface area contributed by atoms with Crippen LogP contribution >= 0.6 is 0 Å². The van der Waals surface area contributed by atoms with Gasteiger partial charge in [0.25, 0.3) is 0 Å². The van der Waals surface area contributed by atoms with Crippen molar-refractivity contribution in [3.8, 4) is 0 Å². The van der Waals surface area contributed by atoms with Crippen LogP contribution in [0.1, 0.15) is 45.1 Å². The molecule has 1 atom stereocenters. The van der Waals surface area contributed by atoms with Gasteiger partial charge >= 0.3 is 0 Å². The standard InChI is InChI=1S/C17H28N4/c1-5-14-8-9-16-15(12-14)19-17(21(16)11-10-18)13(4)20(6-2)7-3/h8-9,12-13H,5-7,10-11,18H2,1-4H3. The molecular formula is C17H28N4. The highest BCUT2D eigenvalue weighted by molar-refractivity contribution is 5.77. The molecule has 4 nitrogen and oxygen atoms in total. The molecule has 0 spiro atoms. The molecule has 1 aromatic carbocycles. The average molecular weight is 288 g/mol. The molecule has 0 saturated carbocycles. The van der Waals surface area contributed by atoms with E-state index in [0.29, 0.717) is 12.6 Å². The predicted molar refractivity (Wildman–Crippen MR) is 89.5 cm³/mol. The molecule has 1 unspecified atom stereocenters. The van der Waals surface area contributed by atoms with Crippen LogP contribution in [0.4, 0.5) is 0 Å². The van der Waals surface area contributed by atoms with Crippen LogP contribution in [0.15, 0.2) is 18.2 Å². The van der Waals surface area contributed by atoms with Crippen LogP contribution in [0.3, 0.4) is 0 Å². The van der Waals surface area contributed by atoms with E-state index >= 15 is 0 Å². The molecule has 0 aliphatic rings. The number of benzene rings is 1. The molecule has 21 heavy (non-hydrogen) atoms. The van der Waals surface area contributed by atoms with E-state index in [1.807, 2.05) is 0 Å². The van der Waals surface area contributed by atoms with Gasteiger partial charge in [0.05, 0.1) is 17.1 Å². The maximum atomic E-state index is 5.81. The quantitative estimate of drug-likeness (QED) is 0.852. The number of nitrogens with two attached hydrogens (primary N) is 1. The maximum Gasteiger partial charge on any atom is 0.127 e. The summed E-state index contributed by atoms with van der Waals surface area (Å²) in [6, 6.07) is 6.91. The highest BCUT2D eigenvalue weighted by Gasteiger charge is 2.20. The van der Waals surface area contributed by atoms with E-state index in [-0.39, 0.29) is 0 Å². The van der Waals surface area contributed by atoms with Crippen LogP contribution in [0, 0.1) is 0 Å². The van der Waals surface area contributed by atoms with E-state index in [4.69, 9.17) is 10.7 Å². The van der Waals surface area contributed by atoms with Gasteiger partial charge in [-0.25, -0.2) is 4.98 Å². The number of imidazole rings is 1. The summed E-state index contributed by atoms with van der Waals surface area (Å²) in [4.78, 5) is 7.35. The minimum atomic E-state index is 0.309. The average Bonchev–Trinajstić information content (AvgIpc) is 2.86. The molecule has 4 heteroatoms. The summed E-state index contributed by atoms with van der Waals surface area (Å²) in [6.07, 6.45) is 1.04. The summed E-state index contributed by atoms with van der Waals surface area (Å²) in [5.41, 5.74) is 9.44. The van der Waals surface area contributed by atoms with Crippen molar-refractivity contribution in [2.45, 2.75) is 46.7 Å². The van der Waals surface area contributed by atoms with Gasteiger partial charge in [0.15, 0.2) is 0 Å². The lowest BCUT2D eigenvalue weighted by Crippen LogP contribution is -2.29. The lowest BCUT2D eigenvalue weighted by atomic mass is 10.1. The Kier molecular flexibility index (Phi) is 5.37. The molecule has 0 saturated heterocycles. The zero-order valence-corrected chi connectivity index (χ0v) is 13.8. The number of aryl methyl sites for hydroxylation is 1. The summed E-state index contributed by atoms with van der Waals surface area (Å²) in [5.74, 6) is 1.13. The Morgan fingerprint density at radius 2 is 1.95 bits per heavy atom. The van der Waals surface area contributed by atoms with Crippen molar-refractivity contribution in [1.29, 1.82) is 0 Å². The number of rotatable bonds is 7.